The summed E-state index contributed by atoms with van der Waals surface area (Å²) in [6, 6.07) is -0.254. The third-order valence-electron chi connectivity index (χ3n) is 4.01. The summed E-state index contributed by atoms with van der Waals surface area (Å²) in [6.07, 6.45) is 6.39. The van der Waals surface area contributed by atoms with Crippen LogP contribution in [0.4, 0.5) is 0 Å². The lowest BCUT2D eigenvalue weighted by molar-refractivity contribution is -0.138. The van der Waals surface area contributed by atoms with Gasteiger partial charge < -0.3 is 19.9 Å². The molecule has 1 aliphatic rings. The van der Waals surface area contributed by atoms with Gasteiger partial charge in [-0.25, -0.2) is 4.79 Å². The molecule has 0 bridgehead atoms. The Bertz CT molecular complexity index is 484. The van der Waals surface area contributed by atoms with Gasteiger partial charge >= 0.3 is 5.97 Å². The number of amides is 2. The van der Waals surface area contributed by atoms with E-state index in [4.69, 9.17) is 4.74 Å². The van der Waals surface area contributed by atoms with Gasteiger partial charge in [0.2, 0.25) is 12.3 Å². The number of carbonyl (C=O) groups is 3. The number of hydrogen-bond acceptors (Lipinski definition) is 5. The van der Waals surface area contributed by atoms with Gasteiger partial charge in [-0.2, -0.15) is 0 Å². The molecule has 1 rings (SSSR count). The monoisotopic (exact) mass is 413 g/mol. The molecule has 7 nitrogen and oxygen atoms in total. The van der Waals surface area contributed by atoms with Crippen LogP contribution in [0.25, 0.3) is 0 Å². The first kappa shape index (κ1) is 29.3. The molecule has 1 fully saturated rings. The quantitative estimate of drug-likeness (QED) is 0.394. The molecule has 29 heavy (non-hydrogen) atoms. The highest BCUT2D eigenvalue weighted by Crippen LogP contribution is 2.05. The van der Waals surface area contributed by atoms with Crippen molar-refractivity contribution < 1.29 is 19.1 Å². The van der Waals surface area contributed by atoms with Crippen LogP contribution < -0.4 is 5.32 Å². The molecule has 1 N–H and O–H groups in total. The molecule has 0 spiro atoms. The minimum absolute atomic E-state index is 0.0589. The van der Waals surface area contributed by atoms with Gasteiger partial charge in [0.15, 0.2) is 0 Å². The standard InChI is InChI=1S/C12H20N2O4.C6H13N.C4H10/c1-5-18-12(17)9(2)6-10(3)14(4)11(16)7-13-8-15;1-7-5-3-2-4-6-7;1-4(2)3/h6,8,10H,5,7H2,1-4H3,(H,13,15);2-6H2,1H3;4H,1-3H3/b9-6+;;/t10-;;/m0../s1. The molecule has 2 amide bonds. The molecule has 1 atom stereocenters. The van der Waals surface area contributed by atoms with Gasteiger partial charge in [-0.05, 0) is 59.7 Å². The van der Waals surface area contributed by atoms with E-state index in [1.54, 1.807) is 33.9 Å². The number of ether oxygens (including phenoxy) is 1. The van der Waals surface area contributed by atoms with Crippen molar-refractivity contribution in [3.8, 4) is 0 Å². The fourth-order valence-corrected chi connectivity index (χ4v) is 2.32. The summed E-state index contributed by atoms with van der Waals surface area (Å²) in [6.45, 7) is 14.5. The van der Waals surface area contributed by atoms with Crippen molar-refractivity contribution in [3.05, 3.63) is 11.6 Å². The van der Waals surface area contributed by atoms with Crippen LogP contribution in [-0.4, -0.2) is 74.5 Å². The fraction of sp³-hybridized carbons (Fsp3) is 0.773. The van der Waals surface area contributed by atoms with Crippen LogP contribution in [-0.2, 0) is 19.1 Å². The molecular formula is C22H43N3O4. The average Bonchev–Trinajstić information content (AvgIpc) is 2.66. The molecule has 1 aliphatic heterocycles. The molecule has 0 aromatic rings. The molecule has 0 aromatic carbocycles. The Kier molecular flexibility index (Phi) is 18.4. The van der Waals surface area contributed by atoms with Crippen molar-refractivity contribution in [2.24, 2.45) is 5.92 Å². The fourth-order valence-electron chi connectivity index (χ4n) is 2.32. The predicted molar refractivity (Wildman–Crippen MR) is 119 cm³/mol. The lowest BCUT2D eigenvalue weighted by Gasteiger charge is -2.22. The van der Waals surface area contributed by atoms with Crippen LogP contribution >= 0.6 is 0 Å². The zero-order valence-corrected chi connectivity index (χ0v) is 19.8. The Morgan fingerprint density at radius 1 is 1.14 bits per heavy atom. The molecule has 0 saturated carbocycles. The maximum absolute atomic E-state index is 11.6. The first-order valence-electron chi connectivity index (χ1n) is 10.5. The summed E-state index contributed by atoms with van der Waals surface area (Å²) < 4.78 is 4.84. The lowest BCUT2D eigenvalue weighted by atomic mass is 10.1. The van der Waals surface area contributed by atoms with Gasteiger partial charge in [0.05, 0.1) is 13.2 Å². The van der Waals surface area contributed by atoms with Gasteiger partial charge in [0, 0.05) is 18.7 Å². The molecule has 0 aliphatic carbocycles. The van der Waals surface area contributed by atoms with E-state index in [9.17, 15) is 14.4 Å². The summed E-state index contributed by atoms with van der Waals surface area (Å²) >= 11 is 0. The number of nitrogens with one attached hydrogen (secondary N) is 1. The number of hydrogen-bond donors (Lipinski definition) is 1. The van der Waals surface area contributed by atoms with Crippen LogP contribution in [0.1, 0.15) is 60.8 Å². The highest BCUT2D eigenvalue weighted by molar-refractivity contribution is 5.88. The number of rotatable bonds is 7. The van der Waals surface area contributed by atoms with Crippen molar-refractivity contribution in [2.75, 3.05) is 40.3 Å². The van der Waals surface area contributed by atoms with Crippen molar-refractivity contribution in [3.63, 3.8) is 0 Å². The maximum atomic E-state index is 11.6. The molecular weight excluding hydrogens is 370 g/mol. The summed E-state index contributed by atoms with van der Waals surface area (Å²) in [5.41, 5.74) is 0.451. The number of likely N-dealkylation sites (tertiary alicyclic amines) is 1. The minimum atomic E-state index is -0.392. The van der Waals surface area contributed by atoms with Crippen molar-refractivity contribution in [1.82, 2.24) is 15.1 Å². The van der Waals surface area contributed by atoms with Gasteiger partial charge in [0.1, 0.15) is 0 Å². The Labute approximate surface area is 177 Å². The minimum Gasteiger partial charge on any atom is -0.463 e. The second kappa shape index (κ2) is 18.2. The van der Waals surface area contributed by atoms with Crippen LogP contribution in [0, 0.1) is 5.92 Å². The number of esters is 1. The van der Waals surface area contributed by atoms with E-state index in [2.05, 4.69) is 38.0 Å². The Balaban J connectivity index is 0. The van der Waals surface area contributed by atoms with Crippen LogP contribution in [0.2, 0.25) is 0 Å². The van der Waals surface area contributed by atoms with E-state index in [-0.39, 0.29) is 18.5 Å². The molecule has 1 saturated heterocycles. The third-order valence-corrected chi connectivity index (χ3v) is 4.01. The van der Waals surface area contributed by atoms with Crippen LogP contribution in [0.15, 0.2) is 11.6 Å². The molecule has 0 unspecified atom stereocenters. The van der Waals surface area contributed by atoms with Gasteiger partial charge in [-0.1, -0.05) is 33.3 Å². The third kappa shape index (κ3) is 17.9. The summed E-state index contributed by atoms with van der Waals surface area (Å²) in [5.74, 6) is 0.207. The smallest absolute Gasteiger partial charge is 0.333 e. The van der Waals surface area contributed by atoms with Crippen molar-refractivity contribution in [2.45, 2.75) is 66.8 Å². The molecule has 0 aromatic heterocycles. The zero-order valence-electron chi connectivity index (χ0n) is 19.8. The highest BCUT2D eigenvalue weighted by Gasteiger charge is 2.15. The van der Waals surface area contributed by atoms with Crippen LogP contribution in [0.3, 0.4) is 0 Å². The first-order valence-corrected chi connectivity index (χ1v) is 10.5. The maximum Gasteiger partial charge on any atom is 0.333 e. The normalized spacial score (nSPS) is 15.1. The lowest BCUT2D eigenvalue weighted by Crippen LogP contribution is -2.39. The topological polar surface area (TPSA) is 79.0 Å². The van der Waals surface area contributed by atoms with Crippen molar-refractivity contribution in [1.29, 1.82) is 0 Å². The number of likely N-dealkylation sites (N-methyl/N-ethyl adjacent to an activating group) is 1. The Morgan fingerprint density at radius 2 is 1.66 bits per heavy atom. The van der Waals surface area contributed by atoms with E-state index >= 15 is 0 Å². The number of nitrogens with zero attached hydrogens (tertiary/aromatic N) is 2. The molecule has 7 heteroatoms. The Morgan fingerprint density at radius 3 is 2.03 bits per heavy atom. The van der Waals surface area contributed by atoms with Crippen molar-refractivity contribution >= 4 is 18.3 Å². The highest BCUT2D eigenvalue weighted by atomic mass is 16.5. The molecule has 1 heterocycles. The number of carbonyl (C=O) groups excluding carboxylic acids is 3. The number of piperidine rings is 1. The van der Waals surface area contributed by atoms with Gasteiger partial charge in [0.25, 0.3) is 0 Å². The first-order chi connectivity index (χ1) is 13.6. The van der Waals surface area contributed by atoms with Crippen LogP contribution in [0.5, 0.6) is 0 Å². The SMILES string of the molecule is CC(C)C.CCOC(=O)/C(C)=C/[C@H](C)N(C)C(=O)CNC=O.CN1CCCCC1. The second-order valence-electron chi connectivity index (χ2n) is 7.91. The van der Waals surface area contributed by atoms with E-state index < -0.39 is 5.97 Å². The summed E-state index contributed by atoms with van der Waals surface area (Å²) in [7, 11) is 3.80. The van der Waals surface area contributed by atoms with E-state index in [0.29, 0.717) is 18.6 Å². The summed E-state index contributed by atoms with van der Waals surface area (Å²) in [5, 5.41) is 2.30. The predicted octanol–water partition coefficient (Wildman–Crippen LogP) is 2.85. The summed E-state index contributed by atoms with van der Waals surface area (Å²) in [4.78, 5) is 36.9. The molecule has 170 valence electrons. The molecule has 0 radical (unpaired) electrons. The van der Waals surface area contributed by atoms with Gasteiger partial charge in [-0.15, -0.1) is 0 Å². The Hall–Kier alpha value is -1.89. The van der Waals surface area contributed by atoms with Gasteiger partial charge in [-0.3, -0.25) is 9.59 Å². The van der Waals surface area contributed by atoms with E-state index in [1.165, 1.54) is 37.3 Å². The largest absolute Gasteiger partial charge is 0.463 e. The second-order valence-corrected chi connectivity index (χ2v) is 7.91. The van der Waals surface area contributed by atoms with E-state index in [1.807, 2.05) is 0 Å². The van der Waals surface area contributed by atoms with E-state index in [0.717, 1.165) is 5.92 Å². The zero-order chi connectivity index (χ0) is 22.8. The average molecular weight is 414 g/mol.